The van der Waals surface area contributed by atoms with E-state index in [9.17, 15) is 0 Å². The van der Waals surface area contributed by atoms with Crippen LogP contribution in [0.5, 0.6) is 0 Å². The maximum absolute atomic E-state index is 5.95. The normalized spacial score (nSPS) is 11.9. The summed E-state index contributed by atoms with van der Waals surface area (Å²) in [6.07, 6.45) is 0. The lowest BCUT2D eigenvalue weighted by Gasteiger charge is -2.14. The topological polar surface area (TPSA) is 35.9 Å². The van der Waals surface area contributed by atoms with Crippen molar-refractivity contribution in [3.63, 3.8) is 0 Å². The van der Waals surface area contributed by atoms with E-state index in [-0.39, 0.29) is 0 Å². The molecule has 0 saturated carbocycles. The van der Waals surface area contributed by atoms with E-state index in [2.05, 4.69) is 197 Å². The first-order valence-corrected chi connectivity index (χ1v) is 19.5. The van der Waals surface area contributed by atoms with Crippen LogP contribution in [-0.2, 0) is 0 Å². The van der Waals surface area contributed by atoms with Crippen LogP contribution >= 0.6 is 0 Å². The zero-order valence-corrected chi connectivity index (χ0v) is 31.0. The van der Waals surface area contributed by atoms with E-state index in [4.69, 9.17) is 5.73 Å². The number of hydrogen-bond acceptors (Lipinski definition) is 1. The van der Waals surface area contributed by atoms with Gasteiger partial charge in [-0.25, -0.2) is 0 Å². The summed E-state index contributed by atoms with van der Waals surface area (Å²) in [5, 5.41) is 12.7. The van der Waals surface area contributed by atoms with Crippen LogP contribution in [-0.4, -0.2) is 9.13 Å². The first-order chi connectivity index (χ1) is 28.2. The summed E-state index contributed by atoms with van der Waals surface area (Å²) in [5.74, 6) is 0. The van der Waals surface area contributed by atoms with Gasteiger partial charge >= 0.3 is 0 Å². The molecule has 57 heavy (non-hydrogen) atoms. The molecule has 0 saturated heterocycles. The Morgan fingerprint density at radius 2 is 0.614 bits per heavy atom. The number of fused-ring (bicyclic) bond motifs is 12. The molecule has 2 heterocycles. The monoisotopic (exact) mass is 725 g/mol. The number of para-hydroxylation sites is 2. The smallest absolute Gasteiger partial charge is 0.0541 e. The molecule has 0 fully saturated rings. The molecule has 0 atom stereocenters. The van der Waals surface area contributed by atoms with Gasteiger partial charge in [0.15, 0.2) is 0 Å². The Labute approximate surface area is 329 Å². The molecule has 0 bridgehead atoms. The molecule has 0 amide bonds. The first kappa shape index (κ1) is 31.7. The molecule has 0 radical (unpaired) electrons. The van der Waals surface area contributed by atoms with E-state index in [1.54, 1.807) is 0 Å². The maximum Gasteiger partial charge on any atom is 0.0541 e. The highest BCUT2D eigenvalue weighted by atomic mass is 15.0. The van der Waals surface area contributed by atoms with E-state index in [1.807, 2.05) is 12.1 Å². The van der Waals surface area contributed by atoms with Crippen molar-refractivity contribution in [2.24, 2.45) is 0 Å². The highest BCUT2D eigenvalue weighted by Gasteiger charge is 2.17. The number of aromatic nitrogens is 2. The van der Waals surface area contributed by atoms with E-state index in [0.29, 0.717) is 0 Å². The number of hydrogen-bond donors (Lipinski definition) is 1. The molecule has 0 spiro atoms. The molecule has 2 N–H and O–H groups in total. The fraction of sp³-hybridized carbons (Fsp3) is 0. The average Bonchev–Trinajstić information content (AvgIpc) is 3.79. The number of rotatable bonds is 4. The lowest BCUT2D eigenvalue weighted by molar-refractivity contribution is 1.18. The number of nitrogens with two attached hydrogens (primary N) is 1. The minimum Gasteiger partial charge on any atom is -0.399 e. The number of anilines is 1. The second kappa shape index (κ2) is 12.2. The minimum atomic E-state index is 0.774. The van der Waals surface area contributed by atoms with Crippen molar-refractivity contribution in [2.45, 2.75) is 0 Å². The van der Waals surface area contributed by atoms with Crippen molar-refractivity contribution in [2.75, 3.05) is 5.73 Å². The Balaban J connectivity index is 1.00. The second-order valence-electron chi connectivity index (χ2n) is 15.2. The molecule has 12 aromatic rings. The Hall–Kier alpha value is -7.62. The Morgan fingerprint density at radius 1 is 0.246 bits per heavy atom. The molecule has 0 aliphatic carbocycles. The first-order valence-electron chi connectivity index (χ1n) is 19.5. The van der Waals surface area contributed by atoms with Crippen LogP contribution in [0.4, 0.5) is 5.69 Å². The van der Waals surface area contributed by atoms with Crippen molar-refractivity contribution < 1.29 is 0 Å². The molecule has 10 aromatic carbocycles. The summed E-state index contributed by atoms with van der Waals surface area (Å²) >= 11 is 0. The highest BCUT2D eigenvalue weighted by molar-refractivity contribution is 6.25. The third-order valence-electron chi connectivity index (χ3n) is 12.0. The van der Waals surface area contributed by atoms with Gasteiger partial charge in [-0.15, -0.1) is 0 Å². The summed E-state index contributed by atoms with van der Waals surface area (Å²) in [4.78, 5) is 0. The van der Waals surface area contributed by atoms with Gasteiger partial charge in [-0.3, -0.25) is 0 Å². The van der Waals surface area contributed by atoms with Gasteiger partial charge in [0, 0.05) is 38.6 Å². The molecule has 2 aromatic heterocycles. The molecule has 3 heteroatoms. The van der Waals surface area contributed by atoms with Crippen molar-refractivity contribution >= 4 is 81.6 Å². The molecule has 0 aliphatic heterocycles. The Kier molecular flexibility index (Phi) is 6.78. The number of nitrogen functional groups attached to an aromatic ring is 1. The van der Waals surface area contributed by atoms with Gasteiger partial charge in [-0.1, -0.05) is 127 Å². The second-order valence-corrected chi connectivity index (χ2v) is 15.2. The van der Waals surface area contributed by atoms with E-state index in [1.165, 1.54) is 92.6 Å². The van der Waals surface area contributed by atoms with Gasteiger partial charge < -0.3 is 14.9 Å². The van der Waals surface area contributed by atoms with Crippen molar-refractivity contribution in [1.29, 1.82) is 0 Å². The number of benzene rings is 10. The molecule has 12 rings (SSSR count). The fourth-order valence-electron chi connectivity index (χ4n) is 9.37. The highest BCUT2D eigenvalue weighted by Crippen LogP contribution is 2.41. The van der Waals surface area contributed by atoms with Crippen LogP contribution in [0.15, 0.2) is 200 Å². The van der Waals surface area contributed by atoms with Gasteiger partial charge in [0.05, 0.1) is 22.1 Å². The zero-order chi connectivity index (χ0) is 37.6. The van der Waals surface area contributed by atoms with Crippen LogP contribution in [0.3, 0.4) is 0 Å². The van der Waals surface area contributed by atoms with Crippen LogP contribution < -0.4 is 5.73 Å². The van der Waals surface area contributed by atoms with E-state index < -0.39 is 0 Å². The minimum absolute atomic E-state index is 0.774. The molecular weight excluding hydrogens is 691 g/mol. The van der Waals surface area contributed by atoms with Crippen LogP contribution in [0, 0.1) is 0 Å². The Morgan fingerprint density at radius 3 is 1.14 bits per heavy atom. The van der Waals surface area contributed by atoms with Crippen LogP contribution in [0.1, 0.15) is 0 Å². The third-order valence-corrected chi connectivity index (χ3v) is 12.0. The largest absolute Gasteiger partial charge is 0.399 e. The fourth-order valence-corrected chi connectivity index (χ4v) is 9.37. The summed E-state index contributed by atoms with van der Waals surface area (Å²) in [6, 6.07) is 73.0. The zero-order valence-electron chi connectivity index (χ0n) is 31.0. The van der Waals surface area contributed by atoms with E-state index in [0.717, 1.165) is 22.6 Å². The SMILES string of the molecule is Nc1ccc(-c2ccc(-n3c4ccccc4c4cc(-c5ccc6c(c5)c5ccccc5n6-c5ccc6c7ccccc7c7ccccc7c6c5)ccc43)cc2)cc1. The summed E-state index contributed by atoms with van der Waals surface area (Å²) < 4.78 is 4.82. The molecule has 266 valence electrons. The predicted octanol–water partition coefficient (Wildman–Crippen LogP) is 14.3. The third kappa shape index (κ3) is 4.79. The quantitative estimate of drug-likeness (QED) is 0.142. The lowest BCUT2D eigenvalue weighted by atomic mass is 9.94. The van der Waals surface area contributed by atoms with Gasteiger partial charge in [0.25, 0.3) is 0 Å². The average molecular weight is 726 g/mol. The summed E-state index contributed by atoms with van der Waals surface area (Å²) in [6.45, 7) is 0. The van der Waals surface area contributed by atoms with Crippen molar-refractivity contribution in [3.05, 3.63) is 200 Å². The van der Waals surface area contributed by atoms with Gasteiger partial charge in [0.2, 0.25) is 0 Å². The molecular formula is C54H35N3. The molecule has 3 nitrogen and oxygen atoms in total. The van der Waals surface area contributed by atoms with Gasteiger partial charge in [-0.05, 0) is 127 Å². The molecule has 0 aliphatic rings. The standard InChI is InChI=1S/C54H35N3/c55-38-23-17-34(18-24-38)35-19-25-39(26-20-35)56-51-15-7-5-13-46(51)49-31-36(21-29-53(49)56)37-22-30-54-50(32-37)47-14-6-8-16-52(47)57(54)40-27-28-45-43-11-2-1-9-41(43)42-10-3-4-12-44(42)48(45)33-40/h1-33H,55H2. The predicted molar refractivity (Wildman–Crippen MR) is 243 cm³/mol. The van der Waals surface area contributed by atoms with E-state index >= 15 is 0 Å². The van der Waals surface area contributed by atoms with Gasteiger partial charge in [-0.2, -0.15) is 0 Å². The summed E-state index contributed by atoms with van der Waals surface area (Å²) in [5.41, 5.74) is 18.5. The molecule has 0 unspecified atom stereocenters. The summed E-state index contributed by atoms with van der Waals surface area (Å²) in [7, 11) is 0. The number of nitrogens with zero attached hydrogens (tertiary/aromatic N) is 2. The lowest BCUT2D eigenvalue weighted by Crippen LogP contribution is -1.94. The maximum atomic E-state index is 5.95. The Bertz CT molecular complexity index is 3530. The van der Waals surface area contributed by atoms with Crippen LogP contribution in [0.25, 0.3) is 110 Å². The van der Waals surface area contributed by atoms with Crippen molar-refractivity contribution in [1.82, 2.24) is 9.13 Å². The van der Waals surface area contributed by atoms with Gasteiger partial charge in [0.1, 0.15) is 0 Å². The van der Waals surface area contributed by atoms with Crippen molar-refractivity contribution in [3.8, 4) is 33.6 Å². The van der Waals surface area contributed by atoms with Crippen LogP contribution in [0.2, 0.25) is 0 Å².